The van der Waals surface area contributed by atoms with Crippen LogP contribution in [0.4, 0.5) is 0 Å². The second-order valence-corrected chi connectivity index (χ2v) is 6.50. The summed E-state index contributed by atoms with van der Waals surface area (Å²) in [6, 6.07) is 0. The molecule has 0 aromatic rings. The molecule has 0 saturated carbocycles. The Hall–Kier alpha value is -0.650. The molecule has 5 heteroatoms. The summed E-state index contributed by atoms with van der Waals surface area (Å²) in [5, 5.41) is 12.1. The highest BCUT2D eigenvalue weighted by Gasteiger charge is 2.33. The Bertz CT molecular complexity index is 320. The largest absolute Gasteiger partial charge is 0.480 e. The van der Waals surface area contributed by atoms with Crippen molar-refractivity contribution < 1.29 is 9.90 Å². The maximum Gasteiger partial charge on any atom is 0.323 e. The molecule has 1 rings (SSSR count). The molecule has 1 fully saturated rings. The zero-order valence-electron chi connectivity index (χ0n) is 13.0. The molecule has 1 saturated heterocycles. The monoisotopic (exact) mass is 271 g/mol. The number of likely N-dealkylation sites (N-methyl/N-ethyl adjacent to an activating group) is 2. The molecule has 0 aliphatic carbocycles. The van der Waals surface area contributed by atoms with E-state index in [1.54, 1.807) is 14.0 Å². The third-order valence-corrected chi connectivity index (χ3v) is 4.57. The fraction of sp³-hybridized carbons (Fsp3) is 0.929. The van der Waals surface area contributed by atoms with Gasteiger partial charge in [0, 0.05) is 25.2 Å². The van der Waals surface area contributed by atoms with Gasteiger partial charge in [0.05, 0.1) is 0 Å². The van der Waals surface area contributed by atoms with Gasteiger partial charge in [-0.1, -0.05) is 0 Å². The molecule has 0 aromatic carbocycles. The van der Waals surface area contributed by atoms with Crippen LogP contribution in [0.15, 0.2) is 0 Å². The van der Waals surface area contributed by atoms with E-state index in [9.17, 15) is 9.90 Å². The normalized spacial score (nSPS) is 24.1. The summed E-state index contributed by atoms with van der Waals surface area (Å²) in [5.74, 6) is -0.770. The first-order valence-electron chi connectivity index (χ1n) is 7.07. The average Bonchev–Trinajstić information content (AvgIpc) is 2.33. The highest BCUT2D eigenvalue weighted by Crippen LogP contribution is 2.20. The Morgan fingerprint density at radius 3 is 2.53 bits per heavy atom. The molecule has 0 radical (unpaired) electrons. The smallest absolute Gasteiger partial charge is 0.323 e. The lowest BCUT2D eigenvalue weighted by molar-refractivity contribution is -0.144. The number of carboxylic acid groups (broad SMARTS) is 1. The van der Waals surface area contributed by atoms with E-state index in [1.165, 1.54) is 0 Å². The van der Waals surface area contributed by atoms with Crippen molar-refractivity contribution >= 4 is 5.97 Å². The minimum absolute atomic E-state index is 0.206. The van der Waals surface area contributed by atoms with Crippen molar-refractivity contribution in [2.45, 2.75) is 44.7 Å². The zero-order valence-corrected chi connectivity index (χ0v) is 13.0. The third-order valence-electron chi connectivity index (χ3n) is 4.57. The van der Waals surface area contributed by atoms with Crippen molar-refractivity contribution in [3.05, 3.63) is 0 Å². The number of hydrogen-bond donors (Lipinski definition) is 2. The summed E-state index contributed by atoms with van der Waals surface area (Å²) in [6.45, 7) is 10.4. The first kappa shape index (κ1) is 16.4. The Morgan fingerprint density at radius 2 is 2.05 bits per heavy atom. The van der Waals surface area contributed by atoms with Crippen LogP contribution in [0.1, 0.15) is 33.6 Å². The molecule has 1 aliphatic heterocycles. The van der Waals surface area contributed by atoms with Crippen LogP contribution < -0.4 is 5.32 Å². The second-order valence-electron chi connectivity index (χ2n) is 6.50. The lowest BCUT2D eigenvalue weighted by atomic mass is 9.95. The minimum atomic E-state index is -0.803. The number of nitrogens with one attached hydrogen (secondary N) is 1. The lowest BCUT2D eigenvalue weighted by Gasteiger charge is -2.45. The Kier molecular flexibility index (Phi) is 5.35. The number of carboxylic acids is 1. The zero-order chi connectivity index (χ0) is 14.7. The molecule has 19 heavy (non-hydrogen) atoms. The Morgan fingerprint density at radius 1 is 1.42 bits per heavy atom. The number of aliphatic carboxylic acids is 1. The topological polar surface area (TPSA) is 55.8 Å². The summed E-state index contributed by atoms with van der Waals surface area (Å²) >= 11 is 0. The van der Waals surface area contributed by atoms with Gasteiger partial charge < -0.3 is 15.3 Å². The van der Waals surface area contributed by atoms with E-state index in [-0.39, 0.29) is 5.54 Å². The molecule has 0 spiro atoms. The van der Waals surface area contributed by atoms with Crippen molar-refractivity contribution in [1.82, 2.24) is 15.1 Å². The van der Waals surface area contributed by atoms with E-state index in [1.807, 2.05) is 0 Å². The van der Waals surface area contributed by atoms with Crippen LogP contribution >= 0.6 is 0 Å². The predicted octanol–water partition coefficient (Wildman–Crippen LogP) is 0.855. The summed E-state index contributed by atoms with van der Waals surface area (Å²) < 4.78 is 0. The van der Waals surface area contributed by atoms with Crippen LogP contribution in [-0.4, -0.2) is 72.2 Å². The van der Waals surface area contributed by atoms with Gasteiger partial charge in [0.15, 0.2) is 0 Å². The van der Waals surface area contributed by atoms with Gasteiger partial charge in [-0.3, -0.25) is 9.69 Å². The molecule has 1 heterocycles. The van der Waals surface area contributed by atoms with Gasteiger partial charge in [-0.25, -0.2) is 0 Å². The fourth-order valence-electron chi connectivity index (χ4n) is 2.53. The van der Waals surface area contributed by atoms with Crippen LogP contribution in [0.3, 0.4) is 0 Å². The Balaban J connectivity index is 2.40. The molecule has 0 aromatic heterocycles. The summed E-state index contributed by atoms with van der Waals surface area (Å²) in [7, 11) is 3.88. The van der Waals surface area contributed by atoms with E-state index in [0.29, 0.717) is 6.42 Å². The quantitative estimate of drug-likeness (QED) is 0.750. The van der Waals surface area contributed by atoms with Gasteiger partial charge >= 0.3 is 5.97 Å². The summed E-state index contributed by atoms with van der Waals surface area (Å²) in [4.78, 5) is 16.0. The molecule has 0 amide bonds. The van der Waals surface area contributed by atoms with Gasteiger partial charge in [0.1, 0.15) is 5.54 Å². The van der Waals surface area contributed by atoms with Gasteiger partial charge in [-0.2, -0.15) is 0 Å². The number of nitrogens with zero attached hydrogens (tertiary/aromatic N) is 2. The van der Waals surface area contributed by atoms with Gasteiger partial charge in [0.2, 0.25) is 0 Å². The van der Waals surface area contributed by atoms with Crippen molar-refractivity contribution in [3.8, 4) is 0 Å². The summed E-state index contributed by atoms with van der Waals surface area (Å²) in [5.41, 5.74) is -0.598. The first-order valence-corrected chi connectivity index (χ1v) is 7.07. The second kappa shape index (κ2) is 6.20. The fourth-order valence-corrected chi connectivity index (χ4v) is 2.53. The molecule has 5 nitrogen and oxygen atoms in total. The molecule has 112 valence electrons. The summed E-state index contributed by atoms with van der Waals surface area (Å²) in [6.07, 6.45) is 1.56. The van der Waals surface area contributed by atoms with Crippen LogP contribution in [0.25, 0.3) is 0 Å². The first-order chi connectivity index (χ1) is 8.71. The van der Waals surface area contributed by atoms with Crippen LogP contribution in [-0.2, 0) is 4.79 Å². The number of rotatable bonds is 6. The lowest BCUT2D eigenvalue weighted by Crippen LogP contribution is -2.57. The molecular weight excluding hydrogens is 242 g/mol. The molecule has 1 aliphatic rings. The third kappa shape index (κ3) is 4.16. The molecular formula is C14H29N3O2. The average molecular weight is 271 g/mol. The molecule has 1 unspecified atom stereocenters. The number of carbonyl (C=O) groups is 1. The SMILES string of the molecule is CNC(C)(CCCN1CCN(C)C(C)(C)C1)C(=O)O. The minimum Gasteiger partial charge on any atom is -0.480 e. The molecule has 2 N–H and O–H groups in total. The van der Waals surface area contributed by atoms with Crippen molar-refractivity contribution in [2.24, 2.45) is 0 Å². The van der Waals surface area contributed by atoms with Crippen LogP contribution in [0.2, 0.25) is 0 Å². The van der Waals surface area contributed by atoms with Crippen LogP contribution in [0, 0.1) is 0 Å². The Labute approximate surface area is 117 Å². The molecule has 1 atom stereocenters. The van der Waals surface area contributed by atoms with Crippen molar-refractivity contribution in [3.63, 3.8) is 0 Å². The van der Waals surface area contributed by atoms with E-state index >= 15 is 0 Å². The van der Waals surface area contributed by atoms with Gasteiger partial charge in [-0.05, 0) is 54.3 Å². The van der Waals surface area contributed by atoms with Crippen molar-refractivity contribution in [1.29, 1.82) is 0 Å². The maximum atomic E-state index is 11.2. The van der Waals surface area contributed by atoms with Gasteiger partial charge in [0.25, 0.3) is 0 Å². The highest BCUT2D eigenvalue weighted by atomic mass is 16.4. The highest BCUT2D eigenvalue weighted by molar-refractivity contribution is 5.78. The van der Waals surface area contributed by atoms with E-state index in [4.69, 9.17) is 0 Å². The van der Waals surface area contributed by atoms with Gasteiger partial charge in [-0.15, -0.1) is 0 Å². The van der Waals surface area contributed by atoms with E-state index in [0.717, 1.165) is 32.6 Å². The number of hydrogen-bond acceptors (Lipinski definition) is 4. The maximum absolute atomic E-state index is 11.2. The predicted molar refractivity (Wildman–Crippen MR) is 77.5 cm³/mol. The van der Waals surface area contributed by atoms with E-state index in [2.05, 4.69) is 36.0 Å². The molecule has 0 bridgehead atoms. The standard InChI is InChI=1S/C14H29N3O2/c1-13(2)11-17(10-9-16(13)5)8-6-7-14(3,15-4)12(18)19/h15H,6-11H2,1-5H3,(H,18,19). The van der Waals surface area contributed by atoms with Crippen LogP contribution in [0.5, 0.6) is 0 Å². The number of piperazine rings is 1. The van der Waals surface area contributed by atoms with Crippen molar-refractivity contribution in [2.75, 3.05) is 40.3 Å². The van der Waals surface area contributed by atoms with E-state index < -0.39 is 11.5 Å².